The number of ether oxygens (including phenoxy) is 1. The third-order valence-electron chi connectivity index (χ3n) is 3.07. The zero-order chi connectivity index (χ0) is 11.5. The van der Waals surface area contributed by atoms with E-state index in [1.165, 1.54) is 0 Å². The lowest BCUT2D eigenvalue weighted by Gasteiger charge is -2.23. The monoisotopic (exact) mass is 238 g/mol. The van der Waals surface area contributed by atoms with Crippen LogP contribution in [0.1, 0.15) is 41.6 Å². The van der Waals surface area contributed by atoms with Gasteiger partial charge in [-0.05, 0) is 37.3 Å². The molecule has 0 saturated carbocycles. The fourth-order valence-electron chi connectivity index (χ4n) is 2.09. The molecule has 0 aromatic heterocycles. The minimum atomic E-state index is 0.0560. The molecule has 0 bridgehead atoms. The van der Waals surface area contributed by atoms with Gasteiger partial charge in [0.15, 0.2) is 5.78 Å². The SMILES string of the molecule is CC(=O)c1ccc(C2CCOCC2)c(Cl)c1. The second-order valence-electron chi connectivity index (χ2n) is 4.18. The Kier molecular flexibility index (Phi) is 3.62. The topological polar surface area (TPSA) is 26.3 Å². The van der Waals surface area contributed by atoms with Gasteiger partial charge in [0.1, 0.15) is 0 Å². The Balaban J connectivity index is 2.24. The van der Waals surface area contributed by atoms with E-state index in [0.717, 1.165) is 31.6 Å². The van der Waals surface area contributed by atoms with Crippen molar-refractivity contribution < 1.29 is 9.53 Å². The predicted octanol–water partition coefficient (Wildman–Crippen LogP) is 3.44. The van der Waals surface area contributed by atoms with Crippen LogP contribution < -0.4 is 0 Å². The van der Waals surface area contributed by atoms with Gasteiger partial charge < -0.3 is 4.74 Å². The number of benzene rings is 1. The first kappa shape index (κ1) is 11.6. The third-order valence-corrected chi connectivity index (χ3v) is 3.40. The van der Waals surface area contributed by atoms with Crippen LogP contribution in [0.5, 0.6) is 0 Å². The highest BCUT2D eigenvalue weighted by molar-refractivity contribution is 6.31. The Morgan fingerprint density at radius 2 is 2.06 bits per heavy atom. The van der Waals surface area contributed by atoms with Crippen LogP contribution in [0, 0.1) is 0 Å². The summed E-state index contributed by atoms with van der Waals surface area (Å²) in [7, 11) is 0. The Labute approximate surface area is 101 Å². The maximum Gasteiger partial charge on any atom is 0.159 e. The van der Waals surface area contributed by atoms with E-state index in [4.69, 9.17) is 16.3 Å². The van der Waals surface area contributed by atoms with Gasteiger partial charge in [-0.2, -0.15) is 0 Å². The molecule has 1 aromatic rings. The predicted molar refractivity (Wildman–Crippen MR) is 64.3 cm³/mol. The molecule has 0 amide bonds. The van der Waals surface area contributed by atoms with Crippen LogP contribution in [-0.4, -0.2) is 19.0 Å². The summed E-state index contributed by atoms with van der Waals surface area (Å²) < 4.78 is 5.33. The lowest BCUT2D eigenvalue weighted by molar-refractivity contribution is 0.0853. The molecule has 3 heteroatoms. The number of rotatable bonds is 2. The quantitative estimate of drug-likeness (QED) is 0.738. The smallest absolute Gasteiger partial charge is 0.159 e. The zero-order valence-electron chi connectivity index (χ0n) is 9.33. The maximum absolute atomic E-state index is 11.2. The van der Waals surface area contributed by atoms with Crippen LogP contribution in [-0.2, 0) is 4.74 Å². The van der Waals surface area contributed by atoms with Crippen LogP contribution in [0.15, 0.2) is 18.2 Å². The number of Topliss-reactive ketones (excluding diaryl/α,β-unsaturated/α-hetero) is 1. The van der Waals surface area contributed by atoms with Crippen molar-refractivity contribution >= 4 is 17.4 Å². The molecular weight excluding hydrogens is 224 g/mol. The molecular formula is C13H15ClO2. The van der Waals surface area contributed by atoms with E-state index in [1.54, 1.807) is 13.0 Å². The normalized spacial score (nSPS) is 17.4. The highest BCUT2D eigenvalue weighted by atomic mass is 35.5. The highest BCUT2D eigenvalue weighted by Gasteiger charge is 2.18. The van der Waals surface area contributed by atoms with Gasteiger partial charge in [0.05, 0.1) is 0 Å². The summed E-state index contributed by atoms with van der Waals surface area (Å²) in [4.78, 5) is 11.2. The van der Waals surface area contributed by atoms with Gasteiger partial charge in [0, 0.05) is 23.8 Å². The third kappa shape index (κ3) is 2.45. The van der Waals surface area contributed by atoms with Gasteiger partial charge >= 0.3 is 0 Å². The van der Waals surface area contributed by atoms with Crippen molar-refractivity contribution in [3.05, 3.63) is 34.3 Å². The molecule has 1 fully saturated rings. The van der Waals surface area contributed by atoms with Gasteiger partial charge in [-0.25, -0.2) is 0 Å². The highest BCUT2D eigenvalue weighted by Crippen LogP contribution is 2.32. The first-order chi connectivity index (χ1) is 7.68. The van der Waals surface area contributed by atoms with Gasteiger partial charge in [-0.1, -0.05) is 23.7 Å². The number of carbonyl (C=O) groups is 1. The average molecular weight is 239 g/mol. The summed E-state index contributed by atoms with van der Waals surface area (Å²) in [5.41, 5.74) is 1.83. The molecule has 16 heavy (non-hydrogen) atoms. The van der Waals surface area contributed by atoms with Gasteiger partial charge in [0.2, 0.25) is 0 Å². The van der Waals surface area contributed by atoms with E-state index < -0.39 is 0 Å². The van der Waals surface area contributed by atoms with Crippen molar-refractivity contribution in [2.24, 2.45) is 0 Å². The summed E-state index contributed by atoms with van der Waals surface area (Å²) in [6, 6.07) is 5.61. The molecule has 1 heterocycles. The molecule has 2 nitrogen and oxygen atoms in total. The standard InChI is InChI=1S/C13H15ClO2/c1-9(15)11-2-3-12(13(14)8-11)10-4-6-16-7-5-10/h2-3,8,10H,4-7H2,1H3. The van der Waals surface area contributed by atoms with Crippen molar-refractivity contribution in [3.8, 4) is 0 Å². The largest absolute Gasteiger partial charge is 0.381 e. The molecule has 0 unspecified atom stereocenters. The fraction of sp³-hybridized carbons (Fsp3) is 0.462. The van der Waals surface area contributed by atoms with Crippen LogP contribution in [0.3, 0.4) is 0 Å². The number of halogens is 1. The lowest BCUT2D eigenvalue weighted by atomic mass is 9.91. The Morgan fingerprint density at radius 3 is 2.62 bits per heavy atom. The molecule has 2 rings (SSSR count). The molecule has 0 spiro atoms. The van der Waals surface area contributed by atoms with Crippen LogP contribution in [0.4, 0.5) is 0 Å². The molecule has 0 aliphatic carbocycles. The van der Waals surface area contributed by atoms with Crippen LogP contribution in [0.2, 0.25) is 5.02 Å². The van der Waals surface area contributed by atoms with E-state index in [1.807, 2.05) is 12.1 Å². The van der Waals surface area contributed by atoms with Crippen LogP contribution >= 0.6 is 11.6 Å². The number of carbonyl (C=O) groups excluding carboxylic acids is 1. The maximum atomic E-state index is 11.2. The molecule has 1 aliphatic heterocycles. The molecule has 0 N–H and O–H groups in total. The zero-order valence-corrected chi connectivity index (χ0v) is 10.1. The van der Waals surface area contributed by atoms with Gasteiger partial charge in [0.25, 0.3) is 0 Å². The van der Waals surface area contributed by atoms with Crippen LogP contribution in [0.25, 0.3) is 0 Å². The van der Waals surface area contributed by atoms with Crippen molar-refractivity contribution in [2.75, 3.05) is 13.2 Å². The number of hydrogen-bond donors (Lipinski definition) is 0. The first-order valence-electron chi connectivity index (χ1n) is 5.56. The summed E-state index contributed by atoms with van der Waals surface area (Å²) in [5.74, 6) is 0.530. The van der Waals surface area contributed by atoms with E-state index in [0.29, 0.717) is 16.5 Å². The second kappa shape index (κ2) is 4.98. The lowest BCUT2D eigenvalue weighted by Crippen LogP contribution is -2.14. The number of ketones is 1. The summed E-state index contributed by atoms with van der Waals surface area (Å²) in [5, 5.41) is 0.708. The number of hydrogen-bond acceptors (Lipinski definition) is 2. The minimum absolute atomic E-state index is 0.0560. The molecule has 1 aromatic carbocycles. The van der Waals surface area contributed by atoms with Gasteiger partial charge in [-0.15, -0.1) is 0 Å². The second-order valence-corrected chi connectivity index (χ2v) is 4.59. The van der Waals surface area contributed by atoms with Crippen molar-refractivity contribution in [1.82, 2.24) is 0 Å². The molecule has 0 atom stereocenters. The van der Waals surface area contributed by atoms with E-state index >= 15 is 0 Å². The van der Waals surface area contributed by atoms with Gasteiger partial charge in [-0.3, -0.25) is 4.79 Å². The fourth-order valence-corrected chi connectivity index (χ4v) is 2.42. The average Bonchev–Trinajstić information content (AvgIpc) is 2.30. The van der Waals surface area contributed by atoms with Crippen molar-refractivity contribution in [2.45, 2.75) is 25.7 Å². The molecule has 1 saturated heterocycles. The summed E-state index contributed by atoms with van der Waals surface area (Å²) >= 11 is 6.21. The Hall–Kier alpha value is -0.860. The van der Waals surface area contributed by atoms with E-state index in [9.17, 15) is 4.79 Å². The summed E-state index contributed by atoms with van der Waals surface area (Å²) in [6.07, 6.45) is 2.03. The Morgan fingerprint density at radius 1 is 1.38 bits per heavy atom. The summed E-state index contributed by atoms with van der Waals surface area (Å²) in [6.45, 7) is 3.16. The van der Waals surface area contributed by atoms with Crippen molar-refractivity contribution in [3.63, 3.8) is 0 Å². The Bertz CT molecular complexity index is 395. The minimum Gasteiger partial charge on any atom is -0.381 e. The van der Waals surface area contributed by atoms with E-state index in [2.05, 4.69) is 0 Å². The van der Waals surface area contributed by atoms with E-state index in [-0.39, 0.29) is 5.78 Å². The molecule has 0 radical (unpaired) electrons. The molecule has 86 valence electrons. The first-order valence-corrected chi connectivity index (χ1v) is 5.94. The molecule has 1 aliphatic rings. The van der Waals surface area contributed by atoms with Crippen molar-refractivity contribution in [1.29, 1.82) is 0 Å².